The molecular weight excluding hydrogens is 174 g/mol. The SMILES string of the molecule is CO/N=C/COC(=O)CCC(C)=O. The second-order valence-corrected chi connectivity index (χ2v) is 2.36. The summed E-state index contributed by atoms with van der Waals surface area (Å²) < 4.78 is 4.67. The molecular formula is C8H13NO4. The van der Waals surface area contributed by atoms with Gasteiger partial charge in [-0.3, -0.25) is 4.79 Å². The molecule has 0 N–H and O–H groups in total. The molecule has 0 unspecified atom stereocenters. The molecule has 0 aromatic carbocycles. The highest BCUT2D eigenvalue weighted by Crippen LogP contribution is 1.92. The van der Waals surface area contributed by atoms with Crippen molar-refractivity contribution >= 4 is 18.0 Å². The van der Waals surface area contributed by atoms with Crippen LogP contribution >= 0.6 is 0 Å². The predicted molar refractivity (Wildman–Crippen MR) is 46.4 cm³/mol. The minimum Gasteiger partial charge on any atom is -0.460 e. The van der Waals surface area contributed by atoms with Crippen molar-refractivity contribution in [2.75, 3.05) is 13.7 Å². The first kappa shape index (κ1) is 11.6. The van der Waals surface area contributed by atoms with E-state index in [9.17, 15) is 9.59 Å². The molecule has 0 amide bonds. The third-order valence-corrected chi connectivity index (χ3v) is 1.18. The first-order valence-corrected chi connectivity index (χ1v) is 3.87. The fourth-order valence-corrected chi connectivity index (χ4v) is 0.585. The van der Waals surface area contributed by atoms with Crippen LogP contribution in [0, 0.1) is 0 Å². The monoisotopic (exact) mass is 187 g/mol. The number of ketones is 1. The van der Waals surface area contributed by atoms with E-state index in [4.69, 9.17) is 0 Å². The lowest BCUT2D eigenvalue weighted by Gasteiger charge is -1.98. The van der Waals surface area contributed by atoms with E-state index in [2.05, 4.69) is 14.7 Å². The van der Waals surface area contributed by atoms with Gasteiger partial charge in [-0.2, -0.15) is 0 Å². The van der Waals surface area contributed by atoms with Crippen LogP contribution in [-0.2, 0) is 19.2 Å². The molecule has 0 aliphatic heterocycles. The van der Waals surface area contributed by atoms with Crippen molar-refractivity contribution in [1.29, 1.82) is 0 Å². The average Bonchev–Trinajstić information content (AvgIpc) is 2.09. The summed E-state index contributed by atoms with van der Waals surface area (Å²) in [5.74, 6) is -0.430. The first-order chi connectivity index (χ1) is 6.16. The van der Waals surface area contributed by atoms with Gasteiger partial charge in [-0.05, 0) is 6.92 Å². The quantitative estimate of drug-likeness (QED) is 0.345. The lowest BCUT2D eigenvalue weighted by atomic mass is 10.2. The second-order valence-electron chi connectivity index (χ2n) is 2.36. The van der Waals surface area contributed by atoms with Crippen LogP contribution in [0.1, 0.15) is 19.8 Å². The summed E-state index contributed by atoms with van der Waals surface area (Å²) in [6, 6.07) is 0. The van der Waals surface area contributed by atoms with E-state index in [-0.39, 0.29) is 25.2 Å². The highest BCUT2D eigenvalue weighted by molar-refractivity contribution is 5.81. The molecule has 0 aliphatic rings. The number of hydrogen-bond acceptors (Lipinski definition) is 5. The van der Waals surface area contributed by atoms with E-state index in [1.807, 2.05) is 0 Å². The molecule has 5 heteroatoms. The van der Waals surface area contributed by atoms with Crippen LogP contribution in [0.25, 0.3) is 0 Å². The Morgan fingerprint density at radius 1 is 1.38 bits per heavy atom. The maximum absolute atomic E-state index is 10.8. The first-order valence-electron chi connectivity index (χ1n) is 3.87. The summed E-state index contributed by atoms with van der Waals surface area (Å²) in [5, 5.41) is 3.37. The Labute approximate surface area is 76.7 Å². The van der Waals surface area contributed by atoms with Crippen molar-refractivity contribution in [1.82, 2.24) is 0 Å². The standard InChI is InChI=1S/C8H13NO4/c1-7(10)3-4-8(11)13-6-5-9-12-2/h5H,3-4,6H2,1-2H3/b9-5+. The van der Waals surface area contributed by atoms with Gasteiger partial charge in [0.05, 0.1) is 12.6 Å². The van der Waals surface area contributed by atoms with Gasteiger partial charge in [-0.1, -0.05) is 5.16 Å². The Morgan fingerprint density at radius 2 is 2.08 bits per heavy atom. The number of carbonyl (C=O) groups excluding carboxylic acids is 2. The third-order valence-electron chi connectivity index (χ3n) is 1.18. The Bertz CT molecular complexity index is 200. The molecule has 5 nitrogen and oxygen atoms in total. The second kappa shape index (κ2) is 7.27. The van der Waals surface area contributed by atoms with E-state index in [1.54, 1.807) is 0 Å². The van der Waals surface area contributed by atoms with E-state index < -0.39 is 5.97 Å². The molecule has 0 fully saturated rings. The number of ether oxygens (including phenoxy) is 1. The number of Topliss-reactive ketones (excluding diaryl/α,β-unsaturated/α-hetero) is 1. The van der Waals surface area contributed by atoms with Crippen molar-refractivity contribution in [2.24, 2.45) is 5.16 Å². The van der Waals surface area contributed by atoms with Crippen LogP contribution in [0.4, 0.5) is 0 Å². The Kier molecular flexibility index (Phi) is 6.49. The number of esters is 1. The van der Waals surface area contributed by atoms with E-state index >= 15 is 0 Å². The van der Waals surface area contributed by atoms with Gasteiger partial charge in [-0.15, -0.1) is 0 Å². The largest absolute Gasteiger partial charge is 0.460 e. The van der Waals surface area contributed by atoms with Crippen LogP contribution in [-0.4, -0.2) is 31.7 Å². The van der Waals surface area contributed by atoms with Crippen LogP contribution in [0.2, 0.25) is 0 Å². The number of oxime groups is 1. The lowest BCUT2D eigenvalue weighted by molar-refractivity contribution is -0.143. The minimum atomic E-state index is -0.405. The van der Waals surface area contributed by atoms with Gasteiger partial charge in [0, 0.05) is 6.42 Å². The molecule has 0 aliphatic carbocycles. The fraction of sp³-hybridized carbons (Fsp3) is 0.625. The summed E-state index contributed by atoms with van der Waals surface area (Å²) in [7, 11) is 1.40. The lowest BCUT2D eigenvalue weighted by Crippen LogP contribution is -2.08. The Hall–Kier alpha value is -1.39. The molecule has 0 atom stereocenters. The van der Waals surface area contributed by atoms with Crippen molar-refractivity contribution < 1.29 is 19.2 Å². The maximum atomic E-state index is 10.8. The minimum absolute atomic E-state index is 0.0255. The summed E-state index contributed by atoms with van der Waals surface area (Å²) in [5.41, 5.74) is 0. The van der Waals surface area contributed by atoms with Crippen LogP contribution < -0.4 is 0 Å². The van der Waals surface area contributed by atoms with E-state index in [0.29, 0.717) is 0 Å². The van der Waals surface area contributed by atoms with Crippen molar-refractivity contribution in [2.45, 2.75) is 19.8 Å². The topological polar surface area (TPSA) is 65.0 Å². The van der Waals surface area contributed by atoms with Gasteiger partial charge in [0.2, 0.25) is 0 Å². The molecule has 0 saturated heterocycles. The Morgan fingerprint density at radius 3 is 2.62 bits per heavy atom. The molecule has 13 heavy (non-hydrogen) atoms. The van der Waals surface area contributed by atoms with Gasteiger partial charge in [-0.25, -0.2) is 0 Å². The molecule has 0 spiro atoms. The summed E-state index contributed by atoms with van der Waals surface area (Å²) >= 11 is 0. The highest BCUT2D eigenvalue weighted by Gasteiger charge is 2.03. The van der Waals surface area contributed by atoms with Crippen LogP contribution in [0.5, 0.6) is 0 Å². The van der Waals surface area contributed by atoms with Gasteiger partial charge in [0.15, 0.2) is 0 Å². The third kappa shape index (κ3) is 8.52. The fourth-order valence-electron chi connectivity index (χ4n) is 0.585. The number of hydrogen-bond donors (Lipinski definition) is 0. The maximum Gasteiger partial charge on any atom is 0.306 e. The summed E-state index contributed by atoms with van der Waals surface area (Å²) in [6.07, 6.45) is 1.67. The van der Waals surface area contributed by atoms with E-state index in [0.717, 1.165) is 0 Å². The molecule has 0 radical (unpaired) electrons. The normalized spacial score (nSPS) is 10.0. The molecule has 0 heterocycles. The number of carbonyl (C=O) groups is 2. The molecule has 0 rings (SSSR count). The smallest absolute Gasteiger partial charge is 0.306 e. The van der Waals surface area contributed by atoms with Gasteiger partial charge >= 0.3 is 5.97 Å². The number of rotatable bonds is 6. The number of nitrogens with zero attached hydrogens (tertiary/aromatic N) is 1. The Balaban J connectivity index is 3.41. The molecule has 0 aromatic rings. The van der Waals surface area contributed by atoms with Gasteiger partial charge in [0.25, 0.3) is 0 Å². The molecule has 74 valence electrons. The van der Waals surface area contributed by atoms with Gasteiger partial charge in [0.1, 0.15) is 19.5 Å². The summed E-state index contributed by atoms with van der Waals surface area (Å²) in [6.45, 7) is 1.50. The zero-order valence-electron chi connectivity index (χ0n) is 7.78. The van der Waals surface area contributed by atoms with E-state index in [1.165, 1.54) is 20.2 Å². The summed E-state index contributed by atoms with van der Waals surface area (Å²) in [4.78, 5) is 25.6. The highest BCUT2D eigenvalue weighted by atomic mass is 16.6. The predicted octanol–water partition coefficient (Wildman–Crippen LogP) is 0.531. The zero-order chi connectivity index (χ0) is 10.1. The zero-order valence-corrected chi connectivity index (χ0v) is 7.78. The van der Waals surface area contributed by atoms with Crippen LogP contribution in [0.3, 0.4) is 0 Å². The average molecular weight is 187 g/mol. The van der Waals surface area contributed by atoms with Gasteiger partial charge < -0.3 is 14.4 Å². The van der Waals surface area contributed by atoms with Crippen molar-refractivity contribution in [3.05, 3.63) is 0 Å². The molecule has 0 saturated carbocycles. The molecule has 0 bridgehead atoms. The van der Waals surface area contributed by atoms with Crippen molar-refractivity contribution in [3.8, 4) is 0 Å². The van der Waals surface area contributed by atoms with Crippen LogP contribution in [0.15, 0.2) is 5.16 Å². The van der Waals surface area contributed by atoms with Crippen molar-refractivity contribution in [3.63, 3.8) is 0 Å². The molecule has 0 aromatic heterocycles.